The van der Waals surface area contributed by atoms with Crippen molar-refractivity contribution >= 4 is 23.2 Å². The fraction of sp³-hybridized carbons (Fsp3) is 0.385. The van der Waals surface area contributed by atoms with Crippen LogP contribution in [0.15, 0.2) is 61.1 Å². The summed E-state index contributed by atoms with van der Waals surface area (Å²) >= 11 is 6.08. The third-order valence-electron chi connectivity index (χ3n) is 7.12. The third kappa shape index (κ3) is 4.37. The van der Waals surface area contributed by atoms with E-state index in [1.165, 1.54) is 11.1 Å². The molecule has 0 radical (unpaired) electrons. The maximum atomic E-state index is 12.8. The number of amides is 1. The molecule has 0 bridgehead atoms. The second kappa shape index (κ2) is 9.20. The van der Waals surface area contributed by atoms with E-state index in [0.29, 0.717) is 31.1 Å². The van der Waals surface area contributed by atoms with E-state index in [1.807, 2.05) is 59.7 Å². The lowest BCUT2D eigenvalue weighted by atomic mass is 9.86. The Morgan fingerprint density at radius 2 is 2.00 bits per heavy atom. The number of aliphatic hydroxyl groups is 1. The first-order chi connectivity index (χ1) is 16.0. The van der Waals surface area contributed by atoms with Crippen LogP contribution in [0.2, 0.25) is 5.02 Å². The average molecular weight is 465 g/mol. The number of benzene rings is 2. The van der Waals surface area contributed by atoms with Crippen LogP contribution >= 0.6 is 11.6 Å². The third-order valence-corrected chi connectivity index (χ3v) is 7.36. The zero-order valence-electron chi connectivity index (χ0n) is 18.8. The van der Waals surface area contributed by atoms with Crippen LogP contribution < -0.4 is 4.90 Å². The Hall–Kier alpha value is -2.83. The van der Waals surface area contributed by atoms with Crippen LogP contribution in [0.3, 0.4) is 0 Å². The predicted octanol–water partition coefficient (Wildman–Crippen LogP) is 4.23. The molecule has 3 heterocycles. The second-order valence-electron chi connectivity index (χ2n) is 9.15. The van der Waals surface area contributed by atoms with Crippen LogP contribution in [-0.4, -0.2) is 58.3 Å². The number of fused-ring (bicyclic) bond motifs is 3. The number of likely N-dealkylation sites (N-methyl/N-ethyl adjacent to an activating group) is 1. The molecule has 1 N–H and O–H groups in total. The molecule has 0 aliphatic carbocycles. The number of anilines is 1. The van der Waals surface area contributed by atoms with Crippen LogP contribution in [0.1, 0.15) is 30.9 Å². The van der Waals surface area contributed by atoms with Gasteiger partial charge in [-0.3, -0.25) is 4.79 Å². The highest BCUT2D eigenvalue weighted by Gasteiger charge is 2.34. The van der Waals surface area contributed by atoms with Crippen LogP contribution in [0.25, 0.3) is 11.3 Å². The van der Waals surface area contributed by atoms with Crippen molar-refractivity contribution in [1.82, 2.24) is 14.5 Å². The molecular formula is C26H29ClN4O2. The van der Waals surface area contributed by atoms with Gasteiger partial charge in [0.25, 0.3) is 0 Å². The van der Waals surface area contributed by atoms with Crippen molar-refractivity contribution in [3.8, 4) is 11.3 Å². The Bertz CT molecular complexity index is 1140. The minimum Gasteiger partial charge on any atom is -0.393 e. The molecule has 2 unspecified atom stereocenters. The minimum atomic E-state index is -0.414. The number of hydrogen-bond donors (Lipinski definition) is 1. The first-order valence-electron chi connectivity index (χ1n) is 11.5. The zero-order valence-corrected chi connectivity index (χ0v) is 19.5. The van der Waals surface area contributed by atoms with Gasteiger partial charge in [-0.25, -0.2) is 4.98 Å². The van der Waals surface area contributed by atoms with Crippen molar-refractivity contribution < 1.29 is 9.90 Å². The Kier molecular flexibility index (Phi) is 6.13. The molecule has 0 spiro atoms. The zero-order chi connectivity index (χ0) is 22.9. The Labute approximate surface area is 199 Å². The fourth-order valence-corrected chi connectivity index (χ4v) is 5.42. The van der Waals surface area contributed by atoms with E-state index in [4.69, 9.17) is 11.6 Å². The molecule has 6 nitrogen and oxygen atoms in total. The number of carbonyl (C=O) groups excluding carboxylic acids is 1. The number of halogens is 1. The van der Waals surface area contributed by atoms with Crippen molar-refractivity contribution in [3.05, 3.63) is 71.6 Å². The molecule has 33 heavy (non-hydrogen) atoms. The molecular weight excluding hydrogens is 436 g/mol. The van der Waals surface area contributed by atoms with Crippen molar-refractivity contribution in [3.63, 3.8) is 0 Å². The van der Waals surface area contributed by atoms with Gasteiger partial charge in [-0.05, 0) is 48.9 Å². The second-order valence-corrected chi connectivity index (χ2v) is 9.58. The Morgan fingerprint density at radius 3 is 2.79 bits per heavy atom. The van der Waals surface area contributed by atoms with Gasteiger partial charge in [-0.2, -0.15) is 0 Å². The molecule has 7 heteroatoms. The molecule has 1 saturated heterocycles. The molecule has 3 aromatic rings. The summed E-state index contributed by atoms with van der Waals surface area (Å²) in [5, 5.41) is 11.8. The monoisotopic (exact) mass is 464 g/mol. The van der Waals surface area contributed by atoms with E-state index in [-0.39, 0.29) is 17.9 Å². The number of carbonyl (C=O) groups is 1. The number of aromatic nitrogens is 2. The van der Waals surface area contributed by atoms with Crippen LogP contribution in [-0.2, 0) is 4.79 Å². The van der Waals surface area contributed by atoms with Gasteiger partial charge in [0.15, 0.2) is 0 Å². The summed E-state index contributed by atoms with van der Waals surface area (Å²) in [5.74, 6) is 0.303. The Morgan fingerprint density at radius 1 is 1.21 bits per heavy atom. The van der Waals surface area contributed by atoms with Crippen LogP contribution in [0, 0.1) is 5.92 Å². The quantitative estimate of drug-likeness (QED) is 0.593. The van der Waals surface area contributed by atoms with E-state index in [0.717, 1.165) is 24.2 Å². The SMILES string of the molecule is CN(CC(=O)N1CCC(C(O)CC2c3ccccc3-c3cncn32)CC1)c1cccc(Cl)c1. The van der Waals surface area contributed by atoms with Gasteiger partial charge in [-0.1, -0.05) is 41.9 Å². The summed E-state index contributed by atoms with van der Waals surface area (Å²) in [5.41, 5.74) is 4.51. The van der Waals surface area contributed by atoms with E-state index in [2.05, 4.69) is 27.8 Å². The summed E-state index contributed by atoms with van der Waals surface area (Å²) in [6, 6.07) is 16.0. The standard InChI is InChI=1S/C26H29ClN4O2/c1-29(20-6-4-5-19(27)13-20)16-26(33)30-11-9-18(10-12-30)25(32)14-23-21-7-2-3-8-22(21)24-15-28-17-31(23)24/h2-8,13,15,17-18,23,25,32H,9-12,14,16H2,1H3. The molecule has 2 atom stereocenters. The number of aliphatic hydroxyl groups excluding tert-OH is 1. The van der Waals surface area contributed by atoms with Gasteiger partial charge in [0.2, 0.25) is 5.91 Å². The first-order valence-corrected chi connectivity index (χ1v) is 11.9. The van der Waals surface area contributed by atoms with Crippen molar-refractivity contribution in [2.75, 3.05) is 31.6 Å². The van der Waals surface area contributed by atoms with E-state index >= 15 is 0 Å². The van der Waals surface area contributed by atoms with Gasteiger partial charge in [0.05, 0.1) is 36.9 Å². The number of nitrogens with zero attached hydrogens (tertiary/aromatic N) is 4. The summed E-state index contributed by atoms with van der Waals surface area (Å²) in [6.07, 6.45) is 5.65. The van der Waals surface area contributed by atoms with Crippen molar-refractivity contribution in [2.24, 2.45) is 5.92 Å². The number of rotatable bonds is 6. The molecule has 1 aromatic heterocycles. The maximum Gasteiger partial charge on any atom is 0.242 e. The smallest absolute Gasteiger partial charge is 0.242 e. The number of imidazole rings is 1. The number of piperidine rings is 1. The van der Waals surface area contributed by atoms with Gasteiger partial charge in [0, 0.05) is 36.4 Å². The van der Waals surface area contributed by atoms with Gasteiger partial charge in [0.1, 0.15) is 0 Å². The fourth-order valence-electron chi connectivity index (χ4n) is 5.24. The highest BCUT2D eigenvalue weighted by Crippen LogP contribution is 2.42. The topological polar surface area (TPSA) is 61.6 Å². The molecule has 1 amide bonds. The van der Waals surface area contributed by atoms with Crippen LogP contribution in [0.5, 0.6) is 0 Å². The van der Waals surface area contributed by atoms with Crippen molar-refractivity contribution in [2.45, 2.75) is 31.4 Å². The van der Waals surface area contributed by atoms with E-state index in [9.17, 15) is 9.90 Å². The molecule has 2 aromatic carbocycles. The maximum absolute atomic E-state index is 12.8. The Balaban J connectivity index is 1.17. The van der Waals surface area contributed by atoms with Crippen molar-refractivity contribution in [1.29, 1.82) is 0 Å². The highest BCUT2D eigenvalue weighted by atomic mass is 35.5. The molecule has 172 valence electrons. The normalized spacial score (nSPS) is 18.6. The first kappa shape index (κ1) is 22.0. The van der Waals surface area contributed by atoms with Gasteiger partial charge in [-0.15, -0.1) is 0 Å². The molecule has 1 fully saturated rings. The summed E-state index contributed by atoms with van der Waals surface area (Å²) < 4.78 is 2.18. The predicted molar refractivity (Wildman–Crippen MR) is 130 cm³/mol. The van der Waals surface area contributed by atoms with E-state index < -0.39 is 6.10 Å². The summed E-state index contributed by atoms with van der Waals surface area (Å²) in [7, 11) is 1.91. The van der Waals surface area contributed by atoms with E-state index in [1.54, 1.807) is 0 Å². The molecule has 0 saturated carbocycles. The number of hydrogen-bond acceptors (Lipinski definition) is 4. The average Bonchev–Trinajstić information content (AvgIpc) is 3.42. The van der Waals surface area contributed by atoms with Crippen LogP contribution in [0.4, 0.5) is 5.69 Å². The van der Waals surface area contributed by atoms with Gasteiger partial charge < -0.3 is 19.5 Å². The highest BCUT2D eigenvalue weighted by molar-refractivity contribution is 6.30. The number of likely N-dealkylation sites (tertiary alicyclic amines) is 1. The van der Waals surface area contributed by atoms with Gasteiger partial charge >= 0.3 is 0 Å². The lowest BCUT2D eigenvalue weighted by Crippen LogP contribution is -2.45. The lowest BCUT2D eigenvalue weighted by Gasteiger charge is -2.36. The minimum absolute atomic E-state index is 0.109. The summed E-state index contributed by atoms with van der Waals surface area (Å²) in [4.78, 5) is 21.0. The molecule has 5 rings (SSSR count). The largest absolute Gasteiger partial charge is 0.393 e. The molecule has 2 aliphatic heterocycles. The summed E-state index contributed by atoms with van der Waals surface area (Å²) in [6.45, 7) is 1.68. The lowest BCUT2D eigenvalue weighted by molar-refractivity contribution is -0.131. The molecule has 2 aliphatic rings.